The van der Waals surface area contributed by atoms with Crippen LogP contribution in [0.1, 0.15) is 38.5 Å². The van der Waals surface area contributed by atoms with E-state index in [9.17, 15) is 0 Å². The van der Waals surface area contributed by atoms with Crippen molar-refractivity contribution >= 4 is 28.4 Å². The van der Waals surface area contributed by atoms with Gasteiger partial charge >= 0.3 is 0 Å². The number of aromatic amines is 1. The molecule has 0 amide bonds. The molecular formula is C31H39N7O3. The molecule has 41 heavy (non-hydrogen) atoms. The molecule has 216 valence electrons. The lowest BCUT2D eigenvalue weighted by atomic mass is 10.0. The Bertz CT molecular complexity index is 1470. The van der Waals surface area contributed by atoms with Crippen LogP contribution >= 0.6 is 0 Å². The molecule has 2 fully saturated rings. The quantitative estimate of drug-likeness (QED) is 0.271. The molecule has 10 heteroatoms. The average molecular weight is 558 g/mol. The smallest absolute Gasteiger partial charge is 0.232 e. The molecule has 10 nitrogen and oxygen atoms in total. The molecule has 6 rings (SSSR count). The standard InChI is InChI=1S/C31H39N7O3/c1-37(2)21-15-17-38(18-16-21)22-11-14-25(26(19-22)40-4)32-31-33-29-27(30(34-31)41-24-7-5-6-8-24)28(35-36-29)20-9-12-23(39-3)13-10-20/h9-14,19,21,24H,5-8,15-18H2,1-4H3,(H2,32,33,34,35,36). The van der Waals surface area contributed by atoms with Crippen LogP contribution in [-0.4, -0.2) is 78.6 Å². The number of rotatable bonds is 9. The molecular weight excluding hydrogens is 518 g/mol. The van der Waals surface area contributed by atoms with Gasteiger partial charge in [0.15, 0.2) is 5.65 Å². The number of methoxy groups -OCH3 is 2. The third-order valence-electron chi connectivity index (χ3n) is 8.33. The molecule has 1 saturated heterocycles. The number of ether oxygens (including phenoxy) is 3. The van der Waals surface area contributed by atoms with Crippen LogP contribution in [0.15, 0.2) is 42.5 Å². The lowest BCUT2D eigenvalue weighted by Crippen LogP contribution is -2.41. The van der Waals surface area contributed by atoms with E-state index in [0.29, 0.717) is 23.5 Å². The molecule has 2 aliphatic rings. The zero-order chi connectivity index (χ0) is 28.3. The van der Waals surface area contributed by atoms with E-state index in [1.54, 1.807) is 14.2 Å². The zero-order valence-electron chi connectivity index (χ0n) is 24.3. The molecule has 2 aromatic heterocycles. The molecule has 2 N–H and O–H groups in total. The van der Waals surface area contributed by atoms with Crippen molar-refractivity contribution in [3.63, 3.8) is 0 Å². The van der Waals surface area contributed by atoms with Crippen LogP contribution in [-0.2, 0) is 0 Å². The van der Waals surface area contributed by atoms with E-state index >= 15 is 0 Å². The molecule has 1 saturated carbocycles. The normalized spacial score (nSPS) is 16.5. The molecule has 1 aliphatic carbocycles. The van der Waals surface area contributed by atoms with Gasteiger partial charge in [0.2, 0.25) is 11.8 Å². The Morgan fingerprint density at radius 1 is 0.927 bits per heavy atom. The zero-order valence-corrected chi connectivity index (χ0v) is 24.3. The Hall–Kier alpha value is -4.05. The predicted molar refractivity (Wildman–Crippen MR) is 162 cm³/mol. The van der Waals surface area contributed by atoms with Crippen LogP contribution in [0.5, 0.6) is 17.4 Å². The van der Waals surface area contributed by atoms with E-state index in [1.807, 2.05) is 30.3 Å². The molecule has 2 aromatic carbocycles. The van der Waals surface area contributed by atoms with Crippen molar-refractivity contribution in [1.29, 1.82) is 0 Å². The summed E-state index contributed by atoms with van der Waals surface area (Å²) in [6.45, 7) is 2.05. The minimum absolute atomic E-state index is 0.130. The van der Waals surface area contributed by atoms with Gasteiger partial charge in [0, 0.05) is 36.4 Å². The number of fused-ring (bicyclic) bond motifs is 1. The monoisotopic (exact) mass is 557 g/mol. The molecule has 0 unspecified atom stereocenters. The van der Waals surface area contributed by atoms with Crippen molar-refractivity contribution in [1.82, 2.24) is 25.1 Å². The minimum atomic E-state index is 0.130. The maximum atomic E-state index is 6.50. The predicted octanol–water partition coefficient (Wildman–Crippen LogP) is 5.63. The fourth-order valence-electron chi connectivity index (χ4n) is 5.91. The lowest BCUT2D eigenvalue weighted by Gasteiger charge is -2.36. The number of piperidine rings is 1. The van der Waals surface area contributed by atoms with Crippen molar-refractivity contribution in [2.45, 2.75) is 50.7 Å². The van der Waals surface area contributed by atoms with Crippen molar-refractivity contribution in [2.24, 2.45) is 0 Å². The summed E-state index contributed by atoms with van der Waals surface area (Å²) in [6.07, 6.45) is 6.79. The number of hydrogen-bond acceptors (Lipinski definition) is 9. The van der Waals surface area contributed by atoms with E-state index in [1.165, 1.54) is 0 Å². The number of nitrogens with zero attached hydrogens (tertiary/aromatic N) is 5. The third kappa shape index (κ3) is 5.74. The fourth-order valence-corrected chi connectivity index (χ4v) is 5.91. The second-order valence-corrected chi connectivity index (χ2v) is 11.1. The van der Waals surface area contributed by atoms with Crippen LogP contribution < -0.4 is 24.4 Å². The van der Waals surface area contributed by atoms with Gasteiger partial charge in [-0.25, -0.2) is 0 Å². The molecule has 3 heterocycles. The van der Waals surface area contributed by atoms with Gasteiger partial charge in [0.05, 0.1) is 25.6 Å². The first-order valence-corrected chi connectivity index (χ1v) is 14.5. The summed E-state index contributed by atoms with van der Waals surface area (Å²) in [5, 5.41) is 11.9. The van der Waals surface area contributed by atoms with E-state index in [-0.39, 0.29) is 6.10 Å². The van der Waals surface area contributed by atoms with E-state index in [2.05, 4.69) is 51.5 Å². The Morgan fingerprint density at radius 3 is 2.37 bits per heavy atom. The SMILES string of the molecule is COc1ccc(-c2[nH]nc3nc(Nc4ccc(N5CCC(N(C)C)CC5)cc4OC)nc(OC4CCCC4)c23)cc1. The van der Waals surface area contributed by atoms with Gasteiger partial charge in [-0.3, -0.25) is 5.10 Å². The maximum absolute atomic E-state index is 6.50. The summed E-state index contributed by atoms with van der Waals surface area (Å²) < 4.78 is 17.6. The van der Waals surface area contributed by atoms with Gasteiger partial charge in [-0.05, 0) is 89.0 Å². The van der Waals surface area contributed by atoms with Crippen molar-refractivity contribution < 1.29 is 14.2 Å². The van der Waals surface area contributed by atoms with Gasteiger partial charge in [-0.15, -0.1) is 0 Å². The van der Waals surface area contributed by atoms with Crippen LogP contribution in [0.3, 0.4) is 0 Å². The first kappa shape index (κ1) is 27.1. The van der Waals surface area contributed by atoms with Gasteiger partial charge in [-0.1, -0.05) is 0 Å². The number of anilines is 3. The fraction of sp³-hybridized carbons (Fsp3) is 0.452. The Morgan fingerprint density at radius 2 is 1.68 bits per heavy atom. The summed E-state index contributed by atoms with van der Waals surface area (Å²) in [5.74, 6) is 2.47. The molecule has 0 radical (unpaired) electrons. The average Bonchev–Trinajstić information content (AvgIpc) is 3.68. The Balaban J connectivity index is 1.30. The van der Waals surface area contributed by atoms with Gasteiger partial charge in [0.25, 0.3) is 0 Å². The summed E-state index contributed by atoms with van der Waals surface area (Å²) in [6, 6.07) is 14.7. The van der Waals surface area contributed by atoms with Gasteiger partial charge < -0.3 is 29.3 Å². The first-order valence-electron chi connectivity index (χ1n) is 14.5. The molecule has 0 spiro atoms. The van der Waals surface area contributed by atoms with Crippen LogP contribution in [0.25, 0.3) is 22.3 Å². The minimum Gasteiger partial charge on any atom is -0.497 e. The molecule has 0 bridgehead atoms. The van der Waals surface area contributed by atoms with Crippen molar-refractivity contribution in [3.05, 3.63) is 42.5 Å². The van der Waals surface area contributed by atoms with Crippen LogP contribution in [0.2, 0.25) is 0 Å². The number of aromatic nitrogens is 4. The van der Waals surface area contributed by atoms with E-state index in [4.69, 9.17) is 24.2 Å². The summed E-state index contributed by atoms with van der Waals surface area (Å²) in [4.78, 5) is 14.4. The van der Waals surface area contributed by atoms with Crippen LogP contribution in [0, 0.1) is 0 Å². The topological polar surface area (TPSA) is 101 Å². The van der Waals surface area contributed by atoms with E-state index in [0.717, 1.165) is 91.1 Å². The number of nitrogens with one attached hydrogen (secondary N) is 2. The lowest BCUT2D eigenvalue weighted by molar-refractivity contribution is 0.204. The Kier molecular flexibility index (Phi) is 7.82. The summed E-state index contributed by atoms with van der Waals surface area (Å²) in [7, 11) is 7.68. The number of benzene rings is 2. The Labute approximate surface area is 241 Å². The van der Waals surface area contributed by atoms with Crippen molar-refractivity contribution in [2.75, 3.05) is 51.6 Å². The second-order valence-electron chi connectivity index (χ2n) is 11.1. The highest BCUT2D eigenvalue weighted by molar-refractivity contribution is 5.95. The second kappa shape index (κ2) is 11.8. The highest BCUT2D eigenvalue weighted by atomic mass is 16.5. The first-order chi connectivity index (χ1) is 20.0. The largest absolute Gasteiger partial charge is 0.497 e. The maximum Gasteiger partial charge on any atom is 0.232 e. The third-order valence-corrected chi connectivity index (χ3v) is 8.33. The summed E-state index contributed by atoms with van der Waals surface area (Å²) >= 11 is 0. The van der Waals surface area contributed by atoms with Crippen molar-refractivity contribution in [3.8, 4) is 28.6 Å². The van der Waals surface area contributed by atoms with Crippen LogP contribution in [0.4, 0.5) is 17.3 Å². The molecule has 4 aromatic rings. The van der Waals surface area contributed by atoms with Gasteiger partial charge in [-0.2, -0.15) is 15.1 Å². The highest BCUT2D eigenvalue weighted by Crippen LogP contribution is 2.37. The molecule has 0 atom stereocenters. The van der Waals surface area contributed by atoms with Gasteiger partial charge in [0.1, 0.15) is 23.0 Å². The summed E-state index contributed by atoms with van der Waals surface area (Å²) in [5.41, 5.74) is 4.27. The number of H-pyrrole nitrogens is 1. The number of hydrogen-bond donors (Lipinski definition) is 2. The van der Waals surface area contributed by atoms with E-state index < -0.39 is 0 Å². The highest BCUT2D eigenvalue weighted by Gasteiger charge is 2.24. The molecule has 1 aliphatic heterocycles.